The van der Waals surface area contributed by atoms with Gasteiger partial charge >= 0.3 is 0 Å². The molecule has 3 N–H and O–H groups in total. The molecule has 0 bridgehead atoms. The second-order valence-corrected chi connectivity index (χ2v) is 3.88. The molecule has 96 valence electrons. The van der Waals surface area contributed by atoms with Gasteiger partial charge in [-0.25, -0.2) is 0 Å². The molecule has 17 heavy (non-hydrogen) atoms. The van der Waals surface area contributed by atoms with Crippen molar-refractivity contribution in [3.63, 3.8) is 0 Å². The molecule has 4 heteroatoms. The first-order valence-electron chi connectivity index (χ1n) is 5.97. The third-order valence-corrected chi connectivity index (χ3v) is 2.59. The predicted octanol–water partition coefficient (Wildman–Crippen LogP) is 0.918. The van der Waals surface area contributed by atoms with Crippen LogP contribution in [0.3, 0.4) is 0 Å². The Balaban J connectivity index is 2.39. The summed E-state index contributed by atoms with van der Waals surface area (Å²) < 4.78 is 5.27. The van der Waals surface area contributed by atoms with Gasteiger partial charge in [0, 0.05) is 12.6 Å². The van der Waals surface area contributed by atoms with E-state index in [9.17, 15) is 0 Å². The van der Waals surface area contributed by atoms with Crippen molar-refractivity contribution >= 4 is 0 Å². The summed E-state index contributed by atoms with van der Waals surface area (Å²) >= 11 is 0. The fourth-order valence-corrected chi connectivity index (χ4v) is 1.47. The summed E-state index contributed by atoms with van der Waals surface area (Å²) in [6, 6.07) is 7.87. The predicted molar refractivity (Wildman–Crippen MR) is 67.0 cm³/mol. The van der Waals surface area contributed by atoms with E-state index in [1.165, 1.54) is 0 Å². The summed E-state index contributed by atoms with van der Waals surface area (Å²) in [5, 5.41) is 20.9. The molecule has 1 atom stereocenters. The minimum absolute atomic E-state index is 0.0258. The van der Waals surface area contributed by atoms with Crippen molar-refractivity contribution in [2.45, 2.75) is 25.9 Å². The van der Waals surface area contributed by atoms with E-state index in [-0.39, 0.29) is 19.3 Å². The van der Waals surface area contributed by atoms with Crippen LogP contribution in [0.25, 0.3) is 0 Å². The van der Waals surface area contributed by atoms with E-state index >= 15 is 0 Å². The first-order valence-corrected chi connectivity index (χ1v) is 5.97. The van der Waals surface area contributed by atoms with Gasteiger partial charge < -0.3 is 20.3 Å². The van der Waals surface area contributed by atoms with Crippen molar-refractivity contribution in [1.82, 2.24) is 5.32 Å². The maximum Gasteiger partial charge on any atom is 0.119 e. The Hall–Kier alpha value is -1.10. The zero-order valence-electron chi connectivity index (χ0n) is 10.2. The molecule has 0 saturated carbocycles. The normalized spacial score (nSPS) is 12.4. The lowest BCUT2D eigenvalue weighted by molar-refractivity contribution is 0.201. The van der Waals surface area contributed by atoms with Gasteiger partial charge in [0.05, 0.1) is 13.2 Å². The van der Waals surface area contributed by atoms with Crippen molar-refractivity contribution in [2.75, 3.05) is 19.8 Å². The molecule has 0 saturated heterocycles. The van der Waals surface area contributed by atoms with Crippen molar-refractivity contribution in [3.05, 3.63) is 29.8 Å². The molecule has 0 radical (unpaired) electrons. The van der Waals surface area contributed by atoms with Crippen LogP contribution in [0.2, 0.25) is 0 Å². The molecule has 0 aliphatic heterocycles. The number of nitrogens with one attached hydrogen (secondary N) is 1. The number of benzene rings is 1. The van der Waals surface area contributed by atoms with Gasteiger partial charge in [0.1, 0.15) is 12.4 Å². The summed E-state index contributed by atoms with van der Waals surface area (Å²) in [6.07, 6.45) is 0.911. The number of hydrogen-bond donors (Lipinski definition) is 3. The summed E-state index contributed by atoms with van der Waals surface area (Å²) in [4.78, 5) is 0. The highest BCUT2D eigenvalue weighted by atomic mass is 16.5. The third kappa shape index (κ3) is 5.17. The Morgan fingerprint density at radius 2 is 1.94 bits per heavy atom. The molecule has 1 rings (SSSR count). The van der Waals surface area contributed by atoms with E-state index in [0.29, 0.717) is 6.61 Å². The fourth-order valence-electron chi connectivity index (χ4n) is 1.47. The van der Waals surface area contributed by atoms with E-state index in [2.05, 4.69) is 5.32 Å². The van der Waals surface area contributed by atoms with Gasteiger partial charge in [0.25, 0.3) is 0 Å². The molecule has 0 aliphatic carbocycles. The average Bonchev–Trinajstić information content (AvgIpc) is 2.39. The molecular weight excluding hydrogens is 218 g/mol. The molecule has 1 aromatic carbocycles. The highest BCUT2D eigenvalue weighted by molar-refractivity contribution is 5.27. The van der Waals surface area contributed by atoms with Crippen molar-refractivity contribution < 1.29 is 14.9 Å². The number of hydrogen-bond acceptors (Lipinski definition) is 4. The average molecular weight is 239 g/mol. The monoisotopic (exact) mass is 239 g/mol. The molecule has 0 fully saturated rings. The quantitative estimate of drug-likeness (QED) is 0.631. The Morgan fingerprint density at radius 1 is 1.24 bits per heavy atom. The van der Waals surface area contributed by atoms with Crippen LogP contribution < -0.4 is 10.1 Å². The smallest absolute Gasteiger partial charge is 0.119 e. The minimum Gasteiger partial charge on any atom is -0.491 e. The fraction of sp³-hybridized carbons (Fsp3) is 0.538. The molecule has 4 nitrogen and oxygen atoms in total. The topological polar surface area (TPSA) is 61.7 Å². The highest BCUT2D eigenvalue weighted by Crippen LogP contribution is 2.12. The Labute approximate surface area is 102 Å². The molecule has 0 aliphatic rings. The first-order chi connectivity index (χ1) is 8.30. The first kappa shape index (κ1) is 14.0. The zero-order valence-corrected chi connectivity index (χ0v) is 10.2. The third-order valence-electron chi connectivity index (χ3n) is 2.59. The van der Waals surface area contributed by atoms with Crippen LogP contribution >= 0.6 is 0 Å². The van der Waals surface area contributed by atoms with Gasteiger partial charge in [-0.1, -0.05) is 19.1 Å². The van der Waals surface area contributed by atoms with Crippen LogP contribution in [0.4, 0.5) is 0 Å². The van der Waals surface area contributed by atoms with Crippen LogP contribution in [0.5, 0.6) is 5.75 Å². The molecule has 0 amide bonds. The van der Waals surface area contributed by atoms with Gasteiger partial charge in [-0.05, 0) is 24.1 Å². The van der Waals surface area contributed by atoms with Crippen LogP contribution in [-0.2, 0) is 6.54 Å². The number of aliphatic hydroxyl groups is 2. The van der Waals surface area contributed by atoms with Crippen LogP contribution in [0.1, 0.15) is 18.9 Å². The molecule has 1 aromatic rings. The van der Waals surface area contributed by atoms with E-state index in [1.54, 1.807) is 0 Å². The van der Waals surface area contributed by atoms with Crippen LogP contribution in [0.15, 0.2) is 24.3 Å². The lowest BCUT2D eigenvalue weighted by atomic mass is 10.2. The summed E-state index contributed by atoms with van der Waals surface area (Å²) in [5.41, 5.74) is 1.15. The molecule has 1 unspecified atom stereocenters. The van der Waals surface area contributed by atoms with Crippen molar-refractivity contribution in [2.24, 2.45) is 0 Å². The summed E-state index contributed by atoms with van der Waals surface area (Å²) in [5.74, 6) is 0.761. The summed E-state index contributed by atoms with van der Waals surface area (Å²) in [6.45, 7) is 3.28. The van der Waals surface area contributed by atoms with Gasteiger partial charge in [0.2, 0.25) is 0 Å². The van der Waals surface area contributed by atoms with Crippen LogP contribution in [0, 0.1) is 0 Å². The lowest BCUT2D eigenvalue weighted by Crippen LogP contribution is -2.31. The van der Waals surface area contributed by atoms with E-state index in [0.717, 1.165) is 24.3 Å². The Bertz CT molecular complexity index is 296. The standard InChI is InChI=1S/C13H21NO3/c1-2-12(10-16)14-9-11-3-5-13(6-4-11)17-8-7-15/h3-6,12,14-16H,2,7-10H2,1H3. The minimum atomic E-state index is 0.0258. The van der Waals surface area contributed by atoms with Crippen molar-refractivity contribution in [1.29, 1.82) is 0 Å². The maximum atomic E-state index is 9.04. The maximum absolute atomic E-state index is 9.04. The number of ether oxygens (including phenoxy) is 1. The SMILES string of the molecule is CCC(CO)NCc1ccc(OCCO)cc1. The summed E-state index contributed by atoms with van der Waals surface area (Å²) in [7, 11) is 0. The molecular formula is C13H21NO3. The van der Waals surface area contributed by atoms with E-state index in [1.807, 2.05) is 31.2 Å². The van der Waals surface area contributed by atoms with E-state index in [4.69, 9.17) is 14.9 Å². The molecule has 0 heterocycles. The number of aliphatic hydroxyl groups excluding tert-OH is 2. The largest absolute Gasteiger partial charge is 0.491 e. The molecule has 0 aromatic heterocycles. The van der Waals surface area contributed by atoms with Crippen LogP contribution in [-0.4, -0.2) is 36.1 Å². The van der Waals surface area contributed by atoms with E-state index < -0.39 is 0 Å². The van der Waals surface area contributed by atoms with Crippen molar-refractivity contribution in [3.8, 4) is 5.75 Å². The number of rotatable bonds is 8. The zero-order chi connectivity index (χ0) is 12.5. The van der Waals surface area contributed by atoms with Gasteiger partial charge in [-0.15, -0.1) is 0 Å². The van der Waals surface area contributed by atoms with Gasteiger partial charge in [-0.2, -0.15) is 0 Å². The lowest BCUT2D eigenvalue weighted by Gasteiger charge is -2.14. The molecule has 0 spiro atoms. The highest BCUT2D eigenvalue weighted by Gasteiger charge is 2.03. The Kier molecular flexibility index (Phi) is 6.62. The Morgan fingerprint density at radius 3 is 2.47 bits per heavy atom. The second-order valence-electron chi connectivity index (χ2n) is 3.88. The van der Waals surface area contributed by atoms with Gasteiger partial charge in [0.15, 0.2) is 0 Å². The second kappa shape index (κ2) is 8.06. The van der Waals surface area contributed by atoms with Gasteiger partial charge in [-0.3, -0.25) is 0 Å².